The van der Waals surface area contributed by atoms with E-state index in [4.69, 9.17) is 43.8 Å². The van der Waals surface area contributed by atoms with Crippen LogP contribution >= 0.6 is 15.9 Å². The average Bonchev–Trinajstić information content (AvgIpc) is 3.64. The maximum Gasteiger partial charge on any atom is 1.00 e. The van der Waals surface area contributed by atoms with Gasteiger partial charge in [-0.3, -0.25) is 49.3 Å². The van der Waals surface area contributed by atoms with E-state index < -0.39 is 11.9 Å². The summed E-state index contributed by atoms with van der Waals surface area (Å²) in [4.78, 5) is 107. The van der Waals surface area contributed by atoms with Gasteiger partial charge in [0, 0.05) is 44.8 Å². The van der Waals surface area contributed by atoms with E-state index in [0.29, 0.717) is 58.4 Å². The summed E-state index contributed by atoms with van der Waals surface area (Å²) >= 11 is 3.22. The fourth-order valence-corrected chi connectivity index (χ4v) is 5.31. The number of hydrogen-bond donors (Lipinski definition) is 3. The fourth-order valence-electron chi connectivity index (χ4n) is 5.11. The Bertz CT molecular complexity index is 2780. The van der Waals surface area contributed by atoms with E-state index in [-0.39, 0.29) is 76.9 Å². The number of nitriles is 1. The molecule has 7 aromatic rings. The fraction of sp³-hybridized carbons (Fsp3) is 0.404. The molecular formula is C57H75BrCuN19NaO7+. The molecule has 0 bridgehead atoms. The second kappa shape index (κ2) is 47.3. The Kier molecular flexibility index (Phi) is 46.4. The molecule has 0 spiro atoms. The predicted molar refractivity (Wildman–Crippen MR) is 320 cm³/mol. The van der Waals surface area contributed by atoms with Crippen molar-refractivity contribution in [1.29, 1.82) is 10.5 Å². The summed E-state index contributed by atoms with van der Waals surface area (Å²) in [6.07, 6.45) is 22.0. The number of nitrogen functional groups attached to an aromatic ring is 1. The van der Waals surface area contributed by atoms with Gasteiger partial charge in [-0.15, -0.1) is 5.34 Å². The molecule has 0 atom stereocenters. The third-order valence-corrected chi connectivity index (χ3v) is 10.5. The van der Waals surface area contributed by atoms with Crippen molar-refractivity contribution < 1.29 is 72.3 Å². The van der Waals surface area contributed by atoms with Crippen molar-refractivity contribution in [2.45, 2.75) is 152 Å². The van der Waals surface area contributed by atoms with Crippen molar-refractivity contribution in [2.24, 2.45) is 11.1 Å². The number of nitrogens with zero attached hydrogens (tertiary/aromatic N) is 17. The topological polar surface area (TPSA) is 421 Å². The second-order valence-corrected chi connectivity index (χ2v) is 20.1. The molecule has 7 heterocycles. The molecule has 0 fully saturated rings. The number of aromatic carboxylic acids is 1. The normalized spacial score (nSPS) is 9.55. The molecule has 0 aliphatic heterocycles. The molecular weight excluding hydrogens is 1230 g/mol. The first-order valence-corrected chi connectivity index (χ1v) is 26.6. The third-order valence-electron chi connectivity index (χ3n) is 10.1. The molecule has 5 N–H and O–H groups in total. The maximum absolute atomic E-state index is 10.8. The molecule has 7 rings (SSSR count). The van der Waals surface area contributed by atoms with Gasteiger partial charge in [-0.1, -0.05) is 96.9 Å². The van der Waals surface area contributed by atoms with Crippen molar-refractivity contribution in [3.8, 4) is 6.07 Å². The Morgan fingerprint density at radius 1 is 0.488 bits per heavy atom. The SMILES string of the molecule is CC(=O)c1cnc(C(C)C)cn1.CC(=O)c1cnc(C(C)C)cn1.CC(C)c1cnc(Br)cn1.CC(C)c1cnc(C#N)cn1.CC(C)c1cnc(C(=O)O)cn1.CC(C)c1cnc(C(N)=O)cn1.CC(C)c1cnc(N)cn1.O=N[O-].[C-]#N.[Cu+].[H+].[Na+]. The minimum absolute atomic E-state index is 0. The van der Waals surface area contributed by atoms with Gasteiger partial charge in [0.15, 0.2) is 23.0 Å². The van der Waals surface area contributed by atoms with Crippen LogP contribution in [0.1, 0.15) is 241 Å². The largest absolute Gasteiger partial charge is 1.00 e. The number of carboxylic acid groups (broad SMARTS) is 1. The summed E-state index contributed by atoms with van der Waals surface area (Å²) in [6.45, 7) is 36.3. The number of carbonyl (C=O) groups excluding carboxylic acids is 3. The van der Waals surface area contributed by atoms with E-state index in [1.54, 1.807) is 49.6 Å². The van der Waals surface area contributed by atoms with Gasteiger partial charge in [-0.2, -0.15) is 5.26 Å². The number of aromatic nitrogens is 14. The minimum Gasteiger partial charge on any atom is -0.512 e. The number of ketones is 2. The van der Waals surface area contributed by atoms with Gasteiger partial charge in [-0.05, 0) is 57.4 Å². The number of hydrogen-bond acceptors (Lipinski definition) is 24. The summed E-state index contributed by atoms with van der Waals surface area (Å²) in [5, 5.41) is 32.2. The molecule has 458 valence electrons. The molecule has 0 aromatic carbocycles. The first-order valence-electron chi connectivity index (χ1n) is 25.8. The summed E-state index contributed by atoms with van der Waals surface area (Å²) in [5.74, 6) is 1.37. The summed E-state index contributed by atoms with van der Waals surface area (Å²) in [7, 11) is 0. The van der Waals surface area contributed by atoms with Gasteiger partial charge in [-0.25, -0.2) is 39.7 Å². The van der Waals surface area contributed by atoms with Crippen molar-refractivity contribution >= 4 is 45.2 Å². The number of nitrogens with two attached hydrogens (primary N) is 2. The molecule has 0 saturated carbocycles. The first kappa shape index (κ1) is 84.5. The van der Waals surface area contributed by atoms with E-state index in [1.807, 2.05) is 75.3 Å². The van der Waals surface area contributed by atoms with Crippen molar-refractivity contribution in [2.75, 3.05) is 5.73 Å². The first-order chi connectivity index (χ1) is 39.5. The molecule has 29 heteroatoms. The van der Waals surface area contributed by atoms with Crippen molar-refractivity contribution in [3.63, 3.8) is 0 Å². The zero-order valence-corrected chi connectivity index (χ0v) is 56.0. The van der Waals surface area contributed by atoms with E-state index in [0.717, 1.165) is 49.8 Å². The molecule has 0 radical (unpaired) electrons. The number of rotatable bonds is 11. The van der Waals surface area contributed by atoms with Gasteiger partial charge >= 0.3 is 54.0 Å². The van der Waals surface area contributed by atoms with Crippen LogP contribution in [0.15, 0.2) is 96.7 Å². The standard InChI is InChI=1S/2C9H12N2O.C8H11N3O.C8H9N3.C8H10N2O2.C7H9BrN2.C7H11N3.CN.Cu.HNO2.Na/c2*1-6(2)8-4-11-9(5-10-8)7(3)12;1-5(2)6-3-11-7(4-10-6)8(9)12;1-6(2)8-5-10-7(3-9)4-11-8;1-5(2)6-3-10-7(4-9-6)8(11)12;2*1-5(2)6-3-10-7(8)4-9-6;1-2;;2-1-3;/h2*4-6H,1-3H3;3-5H,1-2H3,(H2,9,12);4-6H,1-2H3;3-5H,1-2H3,(H,11,12);3-5H,1-2H3;3-5H,1-2H3,(H2,8,10);;;(H,2,3);/q;;;;;;;-1;+1;;+1. The second-order valence-electron chi connectivity index (χ2n) is 19.3. The number of halogens is 1. The average molecular weight is 1300 g/mol. The van der Waals surface area contributed by atoms with Gasteiger partial charge < -0.3 is 38.5 Å². The number of amides is 1. The van der Waals surface area contributed by atoms with Crippen LogP contribution in [0.5, 0.6) is 0 Å². The summed E-state index contributed by atoms with van der Waals surface area (Å²) in [5.41, 5.74) is 18.2. The van der Waals surface area contributed by atoms with Gasteiger partial charge in [0.2, 0.25) is 0 Å². The molecule has 86 heavy (non-hydrogen) atoms. The van der Waals surface area contributed by atoms with Crippen LogP contribution in [0.3, 0.4) is 0 Å². The number of carbonyl (C=O) groups is 4. The van der Waals surface area contributed by atoms with Crippen LogP contribution in [-0.4, -0.2) is 98.3 Å². The Balaban J connectivity index is -0.000000295. The number of anilines is 1. The maximum atomic E-state index is 10.8. The van der Waals surface area contributed by atoms with E-state index in [1.165, 1.54) is 51.0 Å². The van der Waals surface area contributed by atoms with Gasteiger partial charge in [0.1, 0.15) is 33.6 Å². The van der Waals surface area contributed by atoms with Crippen LogP contribution in [0.4, 0.5) is 5.82 Å². The summed E-state index contributed by atoms with van der Waals surface area (Å²) < 4.78 is 0.789. The Labute approximate surface area is 545 Å². The molecule has 0 aliphatic carbocycles. The minimum atomic E-state index is -1.04. The van der Waals surface area contributed by atoms with Gasteiger partial charge in [0.25, 0.3) is 5.91 Å². The van der Waals surface area contributed by atoms with Crippen LogP contribution in [-0.2, 0) is 17.1 Å². The van der Waals surface area contributed by atoms with Crippen molar-refractivity contribution in [1.82, 2.24) is 69.8 Å². The zero-order chi connectivity index (χ0) is 64.6. The predicted octanol–water partition coefficient (Wildman–Crippen LogP) is 8.08. The van der Waals surface area contributed by atoms with Crippen LogP contribution in [0.25, 0.3) is 0 Å². The molecule has 0 unspecified atom stereocenters. The van der Waals surface area contributed by atoms with E-state index in [9.17, 15) is 19.2 Å². The quantitative estimate of drug-likeness (QED) is 0.0362. The molecule has 26 nitrogen and oxygen atoms in total. The molecule has 0 aliphatic rings. The van der Waals surface area contributed by atoms with Gasteiger partial charge in [0.05, 0.1) is 95.6 Å². The molecule has 1 amide bonds. The third kappa shape index (κ3) is 36.7. The van der Waals surface area contributed by atoms with Crippen molar-refractivity contribution in [3.05, 3.63) is 176 Å². The number of carboxylic acids is 1. The Morgan fingerprint density at radius 3 is 0.942 bits per heavy atom. The van der Waals surface area contributed by atoms with E-state index in [2.05, 4.69) is 113 Å². The monoisotopic (exact) mass is 1300 g/mol. The van der Waals surface area contributed by atoms with E-state index >= 15 is 0 Å². The Hall–Kier alpha value is -7.98. The van der Waals surface area contributed by atoms with Crippen LogP contribution < -0.4 is 41.0 Å². The number of primary amides is 1. The Morgan fingerprint density at radius 2 is 0.744 bits per heavy atom. The zero-order valence-electron chi connectivity index (χ0n) is 52.5. The summed E-state index contributed by atoms with van der Waals surface area (Å²) in [6, 6.07) is 1.92. The smallest absolute Gasteiger partial charge is 0.512 e. The van der Waals surface area contributed by atoms with Crippen LogP contribution in [0.2, 0.25) is 0 Å². The molecule has 7 aromatic heterocycles. The van der Waals surface area contributed by atoms with Crippen LogP contribution in [0, 0.1) is 33.3 Å². The molecule has 0 saturated heterocycles. The number of Topliss-reactive ketones (excluding diaryl/α,β-unsaturated/α-hetero) is 2.